The van der Waals surface area contributed by atoms with Crippen LogP contribution in [-0.4, -0.2) is 32.8 Å². The molecule has 2 aromatic rings. The molecule has 0 aliphatic carbocycles. The first kappa shape index (κ1) is 18.0. The Morgan fingerprint density at radius 3 is 2.50 bits per heavy atom. The van der Waals surface area contributed by atoms with Gasteiger partial charge in [0, 0.05) is 31.0 Å². The standard InChI is InChI=1S/C15H20N6O2S/c1-9-10(2)16-11(3)17-15(9)19-18-13-7-6-12(21(4)5)8-14(13)20-24(22)23/h6-8,20H,1-5H3,(H,22,23). The smallest absolute Gasteiger partial charge is 0.259 e. The first-order valence-electron chi connectivity index (χ1n) is 7.20. The van der Waals surface area contributed by atoms with E-state index in [-0.39, 0.29) is 0 Å². The lowest BCUT2D eigenvalue weighted by Crippen LogP contribution is -2.09. The molecule has 1 atom stereocenters. The van der Waals surface area contributed by atoms with E-state index in [1.165, 1.54) is 0 Å². The minimum Gasteiger partial charge on any atom is -0.378 e. The number of azo groups is 1. The first-order chi connectivity index (χ1) is 11.3. The predicted octanol–water partition coefficient (Wildman–Crippen LogP) is 3.43. The number of aryl methyl sites for hydroxylation is 2. The monoisotopic (exact) mass is 348 g/mol. The molecule has 0 fully saturated rings. The second kappa shape index (κ2) is 7.45. The summed E-state index contributed by atoms with van der Waals surface area (Å²) < 4.78 is 22.7. The number of benzene rings is 1. The van der Waals surface area contributed by atoms with E-state index in [4.69, 9.17) is 4.55 Å². The van der Waals surface area contributed by atoms with Crippen LogP contribution >= 0.6 is 0 Å². The topological polar surface area (TPSA) is 103 Å². The number of anilines is 2. The van der Waals surface area contributed by atoms with Crippen molar-refractivity contribution in [3.63, 3.8) is 0 Å². The summed E-state index contributed by atoms with van der Waals surface area (Å²) in [4.78, 5) is 10.4. The Bertz CT molecular complexity index is 807. The SMILES string of the molecule is Cc1nc(C)c(C)c(N=Nc2ccc(N(C)C)cc2NS(=O)O)n1. The molecule has 0 radical (unpaired) electrons. The molecule has 0 saturated carbocycles. The molecule has 0 bridgehead atoms. The Morgan fingerprint density at radius 2 is 1.88 bits per heavy atom. The summed E-state index contributed by atoms with van der Waals surface area (Å²) in [5.74, 6) is 1.09. The van der Waals surface area contributed by atoms with Crippen LogP contribution in [-0.2, 0) is 11.3 Å². The minimum absolute atomic E-state index is 0.408. The van der Waals surface area contributed by atoms with Gasteiger partial charge in [-0.05, 0) is 39.0 Å². The van der Waals surface area contributed by atoms with Crippen LogP contribution in [0.3, 0.4) is 0 Å². The van der Waals surface area contributed by atoms with Crippen LogP contribution in [0.2, 0.25) is 0 Å². The van der Waals surface area contributed by atoms with Crippen molar-refractivity contribution in [2.75, 3.05) is 23.7 Å². The third-order valence-electron chi connectivity index (χ3n) is 3.42. The van der Waals surface area contributed by atoms with Crippen LogP contribution in [0, 0.1) is 20.8 Å². The van der Waals surface area contributed by atoms with Gasteiger partial charge >= 0.3 is 0 Å². The average molecular weight is 348 g/mol. The molecular formula is C15H20N6O2S. The van der Waals surface area contributed by atoms with Crippen molar-refractivity contribution < 1.29 is 8.76 Å². The zero-order chi connectivity index (χ0) is 17.9. The molecule has 1 heterocycles. The van der Waals surface area contributed by atoms with Gasteiger partial charge in [0.2, 0.25) is 0 Å². The van der Waals surface area contributed by atoms with E-state index >= 15 is 0 Å². The fraction of sp³-hybridized carbons (Fsp3) is 0.333. The molecule has 1 unspecified atom stereocenters. The molecule has 24 heavy (non-hydrogen) atoms. The summed E-state index contributed by atoms with van der Waals surface area (Å²) >= 11 is -2.20. The molecular weight excluding hydrogens is 328 g/mol. The van der Waals surface area contributed by atoms with Crippen molar-refractivity contribution in [2.45, 2.75) is 20.8 Å². The van der Waals surface area contributed by atoms with Crippen LogP contribution in [0.5, 0.6) is 0 Å². The van der Waals surface area contributed by atoms with Crippen molar-refractivity contribution in [3.8, 4) is 0 Å². The fourth-order valence-electron chi connectivity index (χ4n) is 2.01. The maximum atomic E-state index is 11.1. The van der Waals surface area contributed by atoms with Crippen molar-refractivity contribution in [1.29, 1.82) is 0 Å². The second-order valence-corrected chi connectivity index (χ2v) is 6.15. The number of aromatic nitrogens is 2. The zero-order valence-electron chi connectivity index (χ0n) is 14.2. The maximum Gasteiger partial charge on any atom is 0.259 e. The van der Waals surface area contributed by atoms with Gasteiger partial charge in [-0.15, -0.1) is 10.2 Å². The Labute approximate surface area is 143 Å². The van der Waals surface area contributed by atoms with Crippen molar-refractivity contribution >= 4 is 34.1 Å². The van der Waals surface area contributed by atoms with Crippen LogP contribution in [0.4, 0.5) is 22.9 Å². The van der Waals surface area contributed by atoms with E-state index in [1.54, 1.807) is 19.1 Å². The van der Waals surface area contributed by atoms with Crippen LogP contribution < -0.4 is 9.62 Å². The molecule has 1 aromatic heterocycles. The molecule has 1 aromatic carbocycles. The van der Waals surface area contributed by atoms with Crippen molar-refractivity contribution in [1.82, 2.24) is 9.97 Å². The Hall–Kier alpha value is -2.39. The highest BCUT2D eigenvalue weighted by atomic mass is 32.2. The summed E-state index contributed by atoms with van der Waals surface area (Å²) in [5.41, 5.74) is 3.40. The average Bonchev–Trinajstić information content (AvgIpc) is 2.49. The van der Waals surface area contributed by atoms with Crippen molar-refractivity contribution in [2.24, 2.45) is 10.2 Å². The van der Waals surface area contributed by atoms with Gasteiger partial charge in [-0.2, -0.15) is 0 Å². The van der Waals surface area contributed by atoms with Crippen LogP contribution in [0.15, 0.2) is 28.4 Å². The summed E-state index contributed by atoms with van der Waals surface area (Å²) in [6, 6.07) is 5.30. The summed E-state index contributed by atoms with van der Waals surface area (Å²) in [7, 11) is 3.76. The number of hydrogen-bond acceptors (Lipinski definition) is 6. The second-order valence-electron chi connectivity index (χ2n) is 5.45. The quantitative estimate of drug-likeness (QED) is 0.636. The third kappa shape index (κ3) is 4.33. The van der Waals surface area contributed by atoms with Gasteiger partial charge in [-0.25, -0.2) is 14.2 Å². The lowest BCUT2D eigenvalue weighted by atomic mass is 10.2. The highest BCUT2D eigenvalue weighted by Gasteiger charge is 2.09. The number of rotatable bonds is 5. The molecule has 0 spiro atoms. The highest BCUT2D eigenvalue weighted by Crippen LogP contribution is 2.31. The fourth-order valence-corrected chi connectivity index (χ4v) is 2.37. The van der Waals surface area contributed by atoms with Gasteiger partial charge in [-0.1, -0.05) is 0 Å². The Kier molecular flexibility index (Phi) is 5.58. The number of nitrogens with one attached hydrogen (secondary N) is 1. The molecule has 2 rings (SSSR count). The van der Waals surface area contributed by atoms with E-state index in [1.807, 2.05) is 38.9 Å². The molecule has 0 aliphatic rings. The summed E-state index contributed by atoms with van der Waals surface area (Å²) in [5, 5.41) is 8.36. The predicted molar refractivity (Wildman–Crippen MR) is 95.6 cm³/mol. The molecule has 0 aliphatic heterocycles. The first-order valence-corrected chi connectivity index (χ1v) is 8.31. The number of hydrogen-bond donors (Lipinski definition) is 2. The van der Waals surface area contributed by atoms with Gasteiger partial charge in [0.05, 0.1) is 5.69 Å². The maximum absolute atomic E-state index is 11.1. The van der Waals surface area contributed by atoms with E-state index in [2.05, 4.69) is 24.9 Å². The highest BCUT2D eigenvalue weighted by molar-refractivity contribution is 7.80. The van der Waals surface area contributed by atoms with E-state index in [0.29, 0.717) is 23.0 Å². The third-order valence-corrected chi connectivity index (χ3v) is 3.82. The van der Waals surface area contributed by atoms with Gasteiger partial charge in [0.1, 0.15) is 11.5 Å². The van der Waals surface area contributed by atoms with Gasteiger partial charge in [-0.3, -0.25) is 9.27 Å². The van der Waals surface area contributed by atoms with Crippen LogP contribution in [0.1, 0.15) is 17.1 Å². The van der Waals surface area contributed by atoms with Crippen molar-refractivity contribution in [3.05, 3.63) is 35.3 Å². The number of nitrogens with zero attached hydrogens (tertiary/aromatic N) is 5. The summed E-state index contributed by atoms with van der Waals surface area (Å²) in [6.45, 7) is 5.55. The normalized spacial score (nSPS) is 12.4. The van der Waals surface area contributed by atoms with E-state index in [9.17, 15) is 4.21 Å². The Balaban J connectivity index is 2.43. The molecule has 128 valence electrons. The Morgan fingerprint density at radius 1 is 1.17 bits per heavy atom. The molecule has 2 N–H and O–H groups in total. The largest absolute Gasteiger partial charge is 0.378 e. The summed E-state index contributed by atoms with van der Waals surface area (Å²) in [6.07, 6.45) is 0. The van der Waals surface area contributed by atoms with E-state index in [0.717, 1.165) is 16.9 Å². The van der Waals surface area contributed by atoms with E-state index < -0.39 is 11.3 Å². The minimum atomic E-state index is -2.20. The molecule has 0 saturated heterocycles. The molecule has 8 nitrogen and oxygen atoms in total. The van der Waals surface area contributed by atoms with Crippen LogP contribution in [0.25, 0.3) is 0 Å². The van der Waals surface area contributed by atoms with Gasteiger partial charge in [0.15, 0.2) is 5.82 Å². The zero-order valence-corrected chi connectivity index (χ0v) is 15.0. The molecule has 0 amide bonds. The van der Waals surface area contributed by atoms with Gasteiger partial charge < -0.3 is 4.90 Å². The lowest BCUT2D eigenvalue weighted by molar-refractivity contribution is 0.570. The van der Waals surface area contributed by atoms with Gasteiger partial charge in [0.25, 0.3) is 11.3 Å². The molecule has 9 heteroatoms. The lowest BCUT2D eigenvalue weighted by Gasteiger charge is -2.14.